The molecule has 11 aromatic carbocycles. The number of nitrogens with one attached hydrogen (secondary N) is 2. The monoisotopic (exact) mass is 1820 g/mol. The van der Waals surface area contributed by atoms with Crippen molar-refractivity contribution >= 4 is 72.5 Å². The minimum absolute atomic E-state index is 0.0257. The van der Waals surface area contributed by atoms with Crippen molar-refractivity contribution in [1.82, 2.24) is 15.5 Å². The van der Waals surface area contributed by atoms with Crippen molar-refractivity contribution in [3.63, 3.8) is 0 Å². The van der Waals surface area contributed by atoms with Crippen LogP contribution in [0, 0.1) is 29.6 Å². The Hall–Kier alpha value is -11.8. The van der Waals surface area contributed by atoms with E-state index >= 15 is 0 Å². The Morgan fingerprint density at radius 2 is 0.756 bits per heavy atom. The summed E-state index contributed by atoms with van der Waals surface area (Å²) in [5.41, 5.74) is 23.0. The van der Waals surface area contributed by atoms with Gasteiger partial charge in [0.15, 0.2) is 0 Å². The molecule has 0 saturated heterocycles. The molecule has 24 heteroatoms. The summed E-state index contributed by atoms with van der Waals surface area (Å²) in [5, 5.41) is 48.9. The molecule has 690 valence electrons. The maximum atomic E-state index is 13.5. The molecule has 5 heterocycles. The van der Waals surface area contributed by atoms with Crippen LogP contribution < -0.4 is 40.1 Å². The highest BCUT2D eigenvalue weighted by Gasteiger charge is 2.49. The molecular weight excluding hydrogens is 1700 g/mol. The van der Waals surface area contributed by atoms with E-state index in [2.05, 4.69) is 85.7 Å². The third kappa shape index (κ3) is 25.3. The molecule has 11 aromatic rings. The van der Waals surface area contributed by atoms with Crippen molar-refractivity contribution in [1.29, 1.82) is 0 Å². The number of benzene rings is 11. The van der Waals surface area contributed by atoms with Crippen molar-refractivity contribution in [2.75, 3.05) is 59.2 Å². The molecule has 10 N–H and O–H groups in total. The predicted molar refractivity (Wildman–Crippen MR) is 510 cm³/mol. The van der Waals surface area contributed by atoms with Gasteiger partial charge in [-0.05, 0) is 208 Å². The van der Waals surface area contributed by atoms with Crippen LogP contribution in [0.2, 0.25) is 0 Å². The van der Waals surface area contributed by atoms with Gasteiger partial charge in [-0.1, -0.05) is 230 Å². The fourth-order valence-electron chi connectivity index (χ4n) is 18.6. The van der Waals surface area contributed by atoms with Gasteiger partial charge in [0.25, 0.3) is 0 Å². The number of aromatic hydroxyl groups is 2. The van der Waals surface area contributed by atoms with Crippen LogP contribution >= 0.6 is 11.6 Å². The zero-order chi connectivity index (χ0) is 93.0. The number of amides is 2. The van der Waals surface area contributed by atoms with E-state index < -0.39 is 28.4 Å². The number of ether oxygens (including phenoxy) is 5. The number of carbonyl (C=O) groups is 5. The summed E-state index contributed by atoms with van der Waals surface area (Å²) in [4.78, 5) is 58.3. The number of phenolic OH excluding ortho intramolecular Hbond substituents is 2. The largest absolute Gasteiger partial charge is 0.508 e. The zero-order valence-corrected chi connectivity index (χ0v) is 76.8. The van der Waals surface area contributed by atoms with Crippen LogP contribution in [0.3, 0.4) is 0 Å². The van der Waals surface area contributed by atoms with Crippen molar-refractivity contribution in [2.24, 2.45) is 35.3 Å². The second-order valence-corrected chi connectivity index (χ2v) is 35.7. The maximum Gasteiger partial charge on any atom is 0.394 e. The minimum atomic E-state index is -4.67. The van der Waals surface area contributed by atoms with E-state index in [1.807, 2.05) is 177 Å². The molecule has 0 spiro atoms. The summed E-state index contributed by atoms with van der Waals surface area (Å²) in [6.45, 7) is 20.7. The number of rotatable bonds is 21. The number of phenols is 2. The van der Waals surface area contributed by atoms with Gasteiger partial charge >= 0.3 is 22.3 Å². The molecule has 5 aliphatic carbocycles. The van der Waals surface area contributed by atoms with Crippen LogP contribution in [-0.2, 0) is 66.5 Å². The van der Waals surface area contributed by atoms with E-state index in [0.29, 0.717) is 31.3 Å². The Balaban J connectivity index is 0.000000132. The number of nitrogens with zero attached hydrogens (tertiary/aromatic N) is 1. The number of aliphatic carboxylic acids is 2. The summed E-state index contributed by atoms with van der Waals surface area (Å²) < 4.78 is 59.4. The molecule has 22 nitrogen and oxygen atoms in total. The van der Waals surface area contributed by atoms with E-state index in [4.69, 9.17) is 68.8 Å². The van der Waals surface area contributed by atoms with Gasteiger partial charge in [-0.3, -0.25) is 33.1 Å². The Kier molecular flexibility index (Phi) is 33.5. The third-order valence-corrected chi connectivity index (χ3v) is 26.4. The second kappa shape index (κ2) is 45.3. The van der Waals surface area contributed by atoms with Gasteiger partial charge < -0.3 is 65.4 Å². The van der Waals surface area contributed by atoms with Crippen LogP contribution in [0.15, 0.2) is 224 Å². The zero-order valence-electron chi connectivity index (χ0n) is 75.2. The number of carbonyl (C=O) groups excluding carboxylic acids is 3. The Bertz CT molecular complexity index is 5820. The SMILES string of the molecule is CCC(=O)Cl.CCC(=O)NC[C@@H]1CC1c1cccc2c1CCO2.CCN(CC)CC.CC[C@@H]1CC1c1cccc2c1CCO2.N[C@H](c1ccccc1)c1c(O)ccc2ccccc12.O=C(N[C@H](c1ccccc1)c1c(O)ccc2ccccc12)[C@@H]1CC1c1cccc2c1CCO2.O=C(O)C1CC1c1cccc2c1CCO2.O=C(O)[C@@H]1CC1c1cccc2c1CCO2.O=S(=O)(O)O. The van der Waals surface area contributed by atoms with Crippen molar-refractivity contribution < 1.29 is 85.6 Å². The smallest absolute Gasteiger partial charge is 0.394 e. The minimum Gasteiger partial charge on any atom is -0.508 e. The van der Waals surface area contributed by atoms with Gasteiger partial charge in [-0.15, -0.1) is 0 Å². The topological polar surface area (TPSA) is 340 Å². The second-order valence-electron chi connectivity index (χ2n) is 34.4. The summed E-state index contributed by atoms with van der Waals surface area (Å²) in [7, 11) is -4.67. The summed E-state index contributed by atoms with van der Waals surface area (Å²) in [6, 6.07) is 73.1. The van der Waals surface area contributed by atoms with Gasteiger partial charge in [-0.2, -0.15) is 8.42 Å². The molecule has 131 heavy (non-hydrogen) atoms. The van der Waals surface area contributed by atoms with Crippen LogP contribution in [0.25, 0.3) is 21.5 Å². The Labute approximate surface area is 772 Å². The Morgan fingerprint density at radius 3 is 1.11 bits per heavy atom. The number of fused-ring (bicyclic) bond motifs is 7. The lowest BCUT2D eigenvalue weighted by Crippen LogP contribution is -2.31. The number of hydrogen-bond donors (Lipinski definition) is 9. The molecular formula is C107H121ClN4O18S. The molecule has 5 aliphatic heterocycles. The molecule has 5 saturated carbocycles. The summed E-state index contributed by atoms with van der Waals surface area (Å²) >= 11 is 4.82. The highest BCUT2D eigenvalue weighted by molar-refractivity contribution is 7.79. The number of nitrogens with two attached hydrogens (primary N) is 1. The van der Waals surface area contributed by atoms with E-state index in [0.717, 1.165) is 169 Å². The molecule has 5 fully saturated rings. The van der Waals surface area contributed by atoms with E-state index in [-0.39, 0.29) is 70.1 Å². The van der Waals surface area contributed by atoms with E-state index in [9.17, 15) is 34.2 Å². The number of carboxylic acids is 2. The highest BCUT2D eigenvalue weighted by atomic mass is 35.5. The van der Waals surface area contributed by atoms with Gasteiger partial charge in [0.2, 0.25) is 17.1 Å². The maximum absolute atomic E-state index is 13.5. The van der Waals surface area contributed by atoms with Gasteiger partial charge in [0, 0.05) is 96.4 Å². The first-order chi connectivity index (χ1) is 63.3. The summed E-state index contributed by atoms with van der Waals surface area (Å²) in [5.74, 6) is 7.63. The van der Waals surface area contributed by atoms with Crippen LogP contribution in [0.5, 0.6) is 40.2 Å². The predicted octanol–water partition coefficient (Wildman–Crippen LogP) is 19.9. The van der Waals surface area contributed by atoms with Crippen LogP contribution in [-0.4, -0.2) is 131 Å². The van der Waals surface area contributed by atoms with Crippen molar-refractivity contribution in [2.45, 2.75) is 167 Å². The lowest BCUT2D eigenvalue weighted by atomic mass is 9.92. The van der Waals surface area contributed by atoms with Crippen LogP contribution in [0.4, 0.5) is 0 Å². The average molecular weight is 1820 g/mol. The lowest BCUT2D eigenvalue weighted by molar-refractivity contribution is -0.139. The Morgan fingerprint density at radius 1 is 0.420 bits per heavy atom. The number of hydrogen-bond acceptors (Lipinski definition) is 16. The van der Waals surface area contributed by atoms with Crippen LogP contribution in [0.1, 0.15) is 212 Å². The van der Waals surface area contributed by atoms with Gasteiger partial charge in [-0.25, -0.2) is 0 Å². The molecule has 2 amide bonds. The van der Waals surface area contributed by atoms with E-state index in [1.165, 1.54) is 89.0 Å². The number of halogens is 1. The molecule has 6 unspecified atom stereocenters. The van der Waals surface area contributed by atoms with Gasteiger partial charge in [0.05, 0.1) is 57.0 Å². The first-order valence-corrected chi connectivity index (χ1v) is 47.7. The highest BCUT2D eigenvalue weighted by Crippen LogP contribution is 2.56. The van der Waals surface area contributed by atoms with Crippen molar-refractivity contribution in [3.05, 3.63) is 302 Å². The quantitative estimate of drug-likeness (QED) is 0.0238. The molecule has 12 atom stereocenters. The first-order valence-electron chi connectivity index (χ1n) is 46.0. The lowest BCUT2D eigenvalue weighted by Gasteiger charge is -2.23. The fourth-order valence-corrected chi connectivity index (χ4v) is 18.6. The average Bonchev–Trinajstić information content (AvgIpc) is 1.77. The first kappa shape index (κ1) is 96.7. The molecule has 0 aromatic heterocycles. The normalized spacial score (nSPS) is 20.5. The molecule has 10 aliphatic rings. The molecule has 0 bridgehead atoms. The fraction of sp³-hybridized carbons (Fsp3) is 0.374. The van der Waals surface area contributed by atoms with Crippen molar-refractivity contribution in [3.8, 4) is 40.2 Å². The van der Waals surface area contributed by atoms with Gasteiger partial charge in [0.1, 0.15) is 40.2 Å². The van der Waals surface area contributed by atoms with E-state index in [1.54, 1.807) is 24.6 Å². The standard InChI is InChI=1S/C29H25NO3.C17H15NO.C15H19NO2.C13H16O.2C12H12O3.C6H15N.C3H5ClO.H2O4S/c31-25-14-13-18-7-4-5-10-20(18)27(25)28(19-8-2-1-3-9-19)30-29(32)24-17-23(24)21-11-6-12-26-22(21)15-16-33-26;18-17(13-7-2-1-3-8-13)16-14-9-5-4-6-12(14)10-11-15(16)19;1-2-15(17)16-9-10-8-13(10)11-4-3-5-14-12(11)6-7-18-14;1-2-9-8-12(9)10-4-3-5-13-11(10)6-7-14-13;2*13-12(14)10-6-9(10)7-2-1-3-11-8(7)4-5-15-11;1-4-7(5-2)6-3;1-2-3(4)5;1-5(2,3)4/h1-14,23-24,28,31H,15-17H2,(H,30,32);1-11,17,19H,18H2;3-5,10,13H,2,6-9H2,1H3,(H,16,17);3-5,9,12H,2,6-8H2,1H3;2*1-3,9-10H,4-6H2,(H,13,14);4-6H2,1-3H3;2H2,1H3;(H2,1,2,3,4)/t23?,24-,28-;17-;10-,13?;9-,12?;9?,10-;;;;/m11011..../s1. The third-order valence-electron chi connectivity index (χ3n) is 26.2. The summed E-state index contributed by atoms with van der Waals surface area (Å²) in [6.07, 6.45) is 12.3. The molecule has 0 radical (unpaired) electrons. The number of carboxylic acid groups (broad SMARTS) is 2. The molecule has 21 rings (SSSR count).